The number of amides is 1. The SMILES string of the molecule is C[C@@H]1[C@H](C)CCC[C@H]1NC(=S)NNC(=O)Cc1ccc2c(c1)CCC2. The van der Waals surface area contributed by atoms with Crippen molar-refractivity contribution in [3.05, 3.63) is 34.9 Å². The predicted molar refractivity (Wildman–Crippen MR) is 105 cm³/mol. The average molecular weight is 360 g/mol. The fraction of sp³-hybridized carbons (Fsp3) is 0.600. The molecule has 0 aromatic heterocycles. The van der Waals surface area contributed by atoms with Gasteiger partial charge in [0, 0.05) is 6.04 Å². The van der Waals surface area contributed by atoms with Crippen LogP contribution in [-0.4, -0.2) is 17.1 Å². The summed E-state index contributed by atoms with van der Waals surface area (Å²) >= 11 is 5.34. The van der Waals surface area contributed by atoms with E-state index in [2.05, 4.69) is 48.2 Å². The number of hydrazine groups is 1. The molecular formula is C20H29N3OS. The van der Waals surface area contributed by atoms with E-state index in [1.54, 1.807) is 0 Å². The van der Waals surface area contributed by atoms with Crippen molar-refractivity contribution in [2.45, 2.75) is 64.8 Å². The van der Waals surface area contributed by atoms with Gasteiger partial charge in [-0.1, -0.05) is 44.9 Å². The Balaban J connectivity index is 1.43. The summed E-state index contributed by atoms with van der Waals surface area (Å²) < 4.78 is 0. The van der Waals surface area contributed by atoms with Gasteiger partial charge in [-0.15, -0.1) is 0 Å². The van der Waals surface area contributed by atoms with Crippen molar-refractivity contribution >= 4 is 23.2 Å². The van der Waals surface area contributed by atoms with E-state index in [-0.39, 0.29) is 5.91 Å². The minimum absolute atomic E-state index is 0.0628. The molecule has 4 nitrogen and oxygen atoms in total. The maximum absolute atomic E-state index is 12.2. The number of carbonyl (C=O) groups is 1. The van der Waals surface area contributed by atoms with Gasteiger partial charge >= 0.3 is 0 Å². The van der Waals surface area contributed by atoms with Crippen LogP contribution in [0.4, 0.5) is 0 Å². The highest BCUT2D eigenvalue weighted by Crippen LogP contribution is 2.29. The number of nitrogens with one attached hydrogen (secondary N) is 3. The summed E-state index contributed by atoms with van der Waals surface area (Å²) in [6.45, 7) is 4.57. The molecule has 25 heavy (non-hydrogen) atoms. The Morgan fingerprint density at radius 1 is 1.12 bits per heavy atom. The molecule has 0 aliphatic heterocycles. The van der Waals surface area contributed by atoms with Crippen LogP contribution in [0.1, 0.15) is 56.2 Å². The number of hydrogen-bond donors (Lipinski definition) is 3. The normalized spacial score (nSPS) is 25.1. The smallest absolute Gasteiger partial charge is 0.242 e. The predicted octanol–water partition coefficient (Wildman–Crippen LogP) is 3.04. The van der Waals surface area contributed by atoms with Gasteiger partial charge in [-0.2, -0.15) is 0 Å². The van der Waals surface area contributed by atoms with Gasteiger partial charge in [-0.3, -0.25) is 15.6 Å². The molecule has 1 saturated carbocycles. The number of thiocarbonyl (C=S) groups is 1. The van der Waals surface area contributed by atoms with Crippen LogP contribution >= 0.6 is 12.2 Å². The third kappa shape index (κ3) is 4.72. The second-order valence-corrected chi connectivity index (χ2v) is 8.06. The number of benzene rings is 1. The van der Waals surface area contributed by atoms with Crippen LogP contribution in [0.5, 0.6) is 0 Å². The molecule has 3 atom stereocenters. The molecule has 0 unspecified atom stereocenters. The van der Waals surface area contributed by atoms with Crippen LogP contribution in [0.2, 0.25) is 0 Å². The van der Waals surface area contributed by atoms with E-state index >= 15 is 0 Å². The van der Waals surface area contributed by atoms with E-state index in [1.165, 1.54) is 36.8 Å². The molecule has 0 saturated heterocycles. The Morgan fingerprint density at radius 3 is 2.76 bits per heavy atom. The van der Waals surface area contributed by atoms with E-state index < -0.39 is 0 Å². The quantitative estimate of drug-likeness (QED) is 0.574. The summed E-state index contributed by atoms with van der Waals surface area (Å²) in [5.74, 6) is 1.24. The first-order chi connectivity index (χ1) is 12.0. The summed E-state index contributed by atoms with van der Waals surface area (Å²) in [4.78, 5) is 12.2. The van der Waals surface area contributed by atoms with E-state index in [1.807, 2.05) is 0 Å². The van der Waals surface area contributed by atoms with Gasteiger partial charge in [-0.25, -0.2) is 0 Å². The summed E-state index contributed by atoms with van der Waals surface area (Å²) in [5.41, 5.74) is 9.48. The molecule has 0 heterocycles. The molecule has 0 spiro atoms. The zero-order valence-electron chi connectivity index (χ0n) is 15.2. The fourth-order valence-corrected chi connectivity index (χ4v) is 4.28. The van der Waals surface area contributed by atoms with E-state index in [0.29, 0.717) is 29.4 Å². The standard InChI is InChI=1S/C20H29N3OS/c1-13-5-3-8-18(14(13)2)21-20(25)23-22-19(24)12-15-9-10-16-6-4-7-17(16)11-15/h9-11,13-14,18H,3-8,12H2,1-2H3,(H,22,24)(H2,21,23,25)/t13-,14-,18-/m1/s1. The average Bonchev–Trinajstić information content (AvgIpc) is 3.05. The lowest BCUT2D eigenvalue weighted by molar-refractivity contribution is -0.121. The summed E-state index contributed by atoms with van der Waals surface area (Å²) in [7, 11) is 0. The van der Waals surface area contributed by atoms with E-state index in [9.17, 15) is 4.79 Å². The maximum Gasteiger partial charge on any atom is 0.242 e. The first-order valence-corrected chi connectivity index (χ1v) is 9.90. The molecule has 3 N–H and O–H groups in total. The van der Waals surface area contributed by atoms with Crippen LogP contribution in [0.25, 0.3) is 0 Å². The maximum atomic E-state index is 12.2. The van der Waals surface area contributed by atoms with Crippen LogP contribution in [-0.2, 0) is 24.1 Å². The lowest BCUT2D eigenvalue weighted by atomic mass is 9.78. The number of hydrogen-bond acceptors (Lipinski definition) is 2. The van der Waals surface area contributed by atoms with Gasteiger partial charge in [0.25, 0.3) is 0 Å². The number of rotatable bonds is 3. The number of carbonyl (C=O) groups excluding carboxylic acids is 1. The van der Waals surface area contributed by atoms with Gasteiger partial charge in [0.05, 0.1) is 6.42 Å². The molecule has 3 rings (SSSR count). The first kappa shape index (κ1) is 18.2. The Bertz CT molecular complexity index is 646. The van der Waals surface area contributed by atoms with Crippen LogP contribution in [0.3, 0.4) is 0 Å². The van der Waals surface area contributed by atoms with Crippen molar-refractivity contribution in [3.8, 4) is 0 Å². The molecule has 0 radical (unpaired) electrons. The Labute approximate surface area is 156 Å². The molecule has 5 heteroatoms. The minimum Gasteiger partial charge on any atom is -0.358 e. The van der Waals surface area contributed by atoms with Crippen LogP contribution in [0, 0.1) is 11.8 Å². The molecule has 2 aliphatic carbocycles. The van der Waals surface area contributed by atoms with E-state index in [0.717, 1.165) is 18.4 Å². The van der Waals surface area contributed by atoms with Crippen molar-refractivity contribution in [2.75, 3.05) is 0 Å². The fourth-order valence-electron chi connectivity index (χ4n) is 4.08. The molecule has 1 amide bonds. The van der Waals surface area contributed by atoms with Crippen molar-refractivity contribution in [2.24, 2.45) is 11.8 Å². The molecule has 0 bridgehead atoms. The van der Waals surface area contributed by atoms with Crippen LogP contribution in [0.15, 0.2) is 18.2 Å². The van der Waals surface area contributed by atoms with Gasteiger partial charge in [0.2, 0.25) is 5.91 Å². The summed E-state index contributed by atoms with van der Waals surface area (Å²) in [5, 5.41) is 3.87. The van der Waals surface area contributed by atoms with Gasteiger partial charge in [0.15, 0.2) is 5.11 Å². The lowest BCUT2D eigenvalue weighted by Gasteiger charge is -2.35. The summed E-state index contributed by atoms with van der Waals surface area (Å²) in [6.07, 6.45) is 7.56. The van der Waals surface area contributed by atoms with Crippen molar-refractivity contribution in [1.29, 1.82) is 0 Å². The molecule has 1 aromatic rings. The second kappa shape index (κ2) is 8.17. The van der Waals surface area contributed by atoms with Crippen molar-refractivity contribution in [3.63, 3.8) is 0 Å². The monoisotopic (exact) mass is 359 g/mol. The van der Waals surface area contributed by atoms with Crippen molar-refractivity contribution in [1.82, 2.24) is 16.2 Å². The number of fused-ring (bicyclic) bond motifs is 1. The van der Waals surface area contributed by atoms with Gasteiger partial charge in [-0.05, 0) is 66.4 Å². The topological polar surface area (TPSA) is 53.2 Å². The zero-order chi connectivity index (χ0) is 17.8. The highest BCUT2D eigenvalue weighted by atomic mass is 32.1. The third-order valence-electron chi connectivity index (χ3n) is 5.87. The van der Waals surface area contributed by atoms with Gasteiger partial charge < -0.3 is 5.32 Å². The zero-order valence-corrected chi connectivity index (χ0v) is 16.0. The van der Waals surface area contributed by atoms with E-state index in [4.69, 9.17) is 12.2 Å². The molecule has 1 fully saturated rings. The molecule has 136 valence electrons. The van der Waals surface area contributed by atoms with Crippen LogP contribution < -0.4 is 16.2 Å². The highest BCUT2D eigenvalue weighted by Gasteiger charge is 2.27. The molecule has 2 aliphatic rings. The lowest BCUT2D eigenvalue weighted by Crippen LogP contribution is -2.52. The first-order valence-electron chi connectivity index (χ1n) is 9.49. The Hall–Kier alpha value is -1.62. The largest absolute Gasteiger partial charge is 0.358 e. The molecular weight excluding hydrogens is 330 g/mol. The highest BCUT2D eigenvalue weighted by molar-refractivity contribution is 7.80. The third-order valence-corrected chi connectivity index (χ3v) is 6.09. The molecule has 1 aromatic carbocycles. The van der Waals surface area contributed by atoms with Crippen molar-refractivity contribution < 1.29 is 4.79 Å². The van der Waals surface area contributed by atoms with Gasteiger partial charge in [0.1, 0.15) is 0 Å². The Kier molecular flexibility index (Phi) is 5.94. The Morgan fingerprint density at radius 2 is 1.92 bits per heavy atom. The minimum atomic E-state index is -0.0628. The number of aryl methyl sites for hydroxylation is 2. The second-order valence-electron chi connectivity index (χ2n) is 7.65. The summed E-state index contributed by atoms with van der Waals surface area (Å²) in [6, 6.07) is 6.78.